The molecule has 1 aromatic heterocycles. The first-order valence-corrected chi connectivity index (χ1v) is 9.57. The molecule has 0 bridgehead atoms. The Kier molecular flexibility index (Phi) is 5.84. The average Bonchev–Trinajstić information content (AvgIpc) is 2.67. The lowest BCUT2D eigenvalue weighted by Gasteiger charge is -2.09. The first kappa shape index (κ1) is 19.7. The predicted octanol–water partition coefficient (Wildman–Crippen LogP) is 6.60. The van der Waals surface area contributed by atoms with Crippen molar-refractivity contribution in [2.45, 2.75) is 41.5 Å². The molecule has 3 rings (SSSR count). The van der Waals surface area contributed by atoms with Crippen molar-refractivity contribution in [1.29, 1.82) is 0 Å². The van der Waals surface area contributed by atoms with Crippen LogP contribution in [0.1, 0.15) is 47.5 Å². The molecule has 0 aliphatic heterocycles. The van der Waals surface area contributed by atoms with Gasteiger partial charge in [0, 0.05) is 0 Å². The van der Waals surface area contributed by atoms with Crippen LogP contribution in [0.3, 0.4) is 0 Å². The molecule has 3 heteroatoms. The van der Waals surface area contributed by atoms with Crippen LogP contribution >= 0.6 is 0 Å². The van der Waals surface area contributed by atoms with E-state index in [9.17, 15) is 0 Å². The van der Waals surface area contributed by atoms with E-state index in [1.165, 1.54) is 22.3 Å². The minimum atomic E-state index is 0.871. The van der Waals surface area contributed by atoms with E-state index in [1.54, 1.807) is 0 Å². The molecule has 3 nitrogen and oxygen atoms in total. The van der Waals surface area contributed by atoms with Gasteiger partial charge in [0.1, 0.15) is 0 Å². The summed E-state index contributed by atoms with van der Waals surface area (Å²) in [6.45, 7) is 12.4. The van der Waals surface area contributed by atoms with Gasteiger partial charge in [0.25, 0.3) is 0 Å². The molecule has 0 unspecified atom stereocenters. The van der Waals surface area contributed by atoms with Crippen LogP contribution in [-0.2, 0) is 0 Å². The molecule has 142 valence electrons. The van der Waals surface area contributed by atoms with Gasteiger partial charge in [0.15, 0.2) is 0 Å². The number of hydrogen-bond acceptors (Lipinski definition) is 3. The zero-order valence-corrected chi connectivity index (χ0v) is 17.5. The molecule has 0 atom stereocenters. The lowest BCUT2D eigenvalue weighted by Crippen LogP contribution is -2.05. The number of nitrogens with zero attached hydrogens (tertiary/aromatic N) is 3. The van der Waals surface area contributed by atoms with Crippen molar-refractivity contribution >= 4 is 22.8 Å². The summed E-state index contributed by atoms with van der Waals surface area (Å²) in [6, 6.07) is 18.5. The molecule has 0 N–H and O–H groups in total. The summed E-state index contributed by atoms with van der Waals surface area (Å²) in [7, 11) is 0. The highest BCUT2D eigenvalue weighted by atomic mass is 14.8. The van der Waals surface area contributed by atoms with Crippen LogP contribution in [0.4, 0.5) is 11.4 Å². The lowest BCUT2D eigenvalue weighted by atomic mass is 10.1. The maximum absolute atomic E-state index is 4.86. The molecular weight excluding hydrogens is 342 g/mol. The molecule has 28 heavy (non-hydrogen) atoms. The fourth-order valence-electron chi connectivity index (χ4n) is 3.25. The van der Waals surface area contributed by atoms with E-state index in [0.29, 0.717) is 0 Å². The Hall–Kier alpha value is -3.07. The summed E-state index contributed by atoms with van der Waals surface area (Å²) < 4.78 is 0. The maximum atomic E-state index is 4.86. The van der Waals surface area contributed by atoms with Crippen molar-refractivity contribution in [2.24, 2.45) is 9.98 Å². The molecule has 1 heterocycles. The first-order valence-electron chi connectivity index (χ1n) is 9.57. The molecule has 2 aromatic carbocycles. The number of rotatable bonds is 4. The highest BCUT2D eigenvalue weighted by molar-refractivity contribution is 6.02. The maximum Gasteiger partial charge on any atom is 0.0849 e. The number of aryl methyl sites for hydroxylation is 4. The van der Waals surface area contributed by atoms with Crippen molar-refractivity contribution in [3.05, 3.63) is 88.2 Å². The number of para-hydroxylation sites is 2. The topological polar surface area (TPSA) is 37.6 Å². The summed E-state index contributed by atoms with van der Waals surface area (Å²) >= 11 is 0. The van der Waals surface area contributed by atoms with Gasteiger partial charge in [0.05, 0.1) is 34.2 Å². The van der Waals surface area contributed by atoms with Crippen LogP contribution in [0.2, 0.25) is 0 Å². The van der Waals surface area contributed by atoms with Crippen molar-refractivity contribution in [1.82, 2.24) is 4.98 Å². The molecule has 0 radical (unpaired) electrons. The van der Waals surface area contributed by atoms with Crippen LogP contribution in [0.5, 0.6) is 0 Å². The fraction of sp³-hybridized carbons (Fsp3) is 0.240. The zero-order chi connectivity index (χ0) is 20.3. The largest absolute Gasteiger partial charge is 0.251 e. The Morgan fingerprint density at radius 1 is 0.571 bits per heavy atom. The van der Waals surface area contributed by atoms with Crippen LogP contribution in [0.25, 0.3) is 0 Å². The van der Waals surface area contributed by atoms with Crippen LogP contribution in [0.15, 0.2) is 64.6 Å². The summed E-state index contributed by atoms with van der Waals surface area (Å²) in [5.41, 5.74) is 10.3. The molecule has 0 aliphatic rings. The Bertz CT molecular complexity index is 952. The van der Waals surface area contributed by atoms with Crippen molar-refractivity contribution in [2.75, 3.05) is 0 Å². The Labute approximate surface area is 167 Å². The van der Waals surface area contributed by atoms with Gasteiger partial charge in [-0.15, -0.1) is 0 Å². The third-order valence-corrected chi connectivity index (χ3v) is 4.93. The lowest BCUT2D eigenvalue weighted by molar-refractivity contribution is 1.23. The summed E-state index contributed by atoms with van der Waals surface area (Å²) in [4.78, 5) is 14.5. The van der Waals surface area contributed by atoms with Crippen LogP contribution < -0.4 is 0 Å². The van der Waals surface area contributed by atoms with Crippen molar-refractivity contribution < 1.29 is 0 Å². The minimum absolute atomic E-state index is 0.871. The van der Waals surface area contributed by atoms with E-state index < -0.39 is 0 Å². The van der Waals surface area contributed by atoms with Crippen molar-refractivity contribution in [3.8, 4) is 0 Å². The van der Waals surface area contributed by atoms with Gasteiger partial charge in [0.2, 0.25) is 0 Å². The number of pyridine rings is 1. The third kappa shape index (κ3) is 4.25. The van der Waals surface area contributed by atoms with Gasteiger partial charge < -0.3 is 0 Å². The molecule has 0 fully saturated rings. The van der Waals surface area contributed by atoms with E-state index in [0.717, 1.165) is 34.2 Å². The van der Waals surface area contributed by atoms with E-state index in [1.807, 2.05) is 32.0 Å². The predicted molar refractivity (Wildman–Crippen MR) is 120 cm³/mol. The minimum Gasteiger partial charge on any atom is -0.251 e. The van der Waals surface area contributed by atoms with E-state index in [4.69, 9.17) is 15.0 Å². The average molecular weight is 370 g/mol. The monoisotopic (exact) mass is 369 g/mol. The highest BCUT2D eigenvalue weighted by Crippen LogP contribution is 2.25. The van der Waals surface area contributed by atoms with Crippen LogP contribution in [0, 0.1) is 27.7 Å². The second-order valence-corrected chi connectivity index (χ2v) is 7.28. The second kappa shape index (κ2) is 8.30. The SMILES string of the molecule is C/C(=N\c1c(C)cccc1C)c1cccc(/C(C)=N/c2c(C)cccc2C)n1. The number of aromatic nitrogens is 1. The van der Waals surface area contributed by atoms with Gasteiger partial charge in [-0.25, -0.2) is 4.98 Å². The van der Waals surface area contributed by atoms with E-state index >= 15 is 0 Å². The van der Waals surface area contributed by atoms with E-state index in [2.05, 4.69) is 64.1 Å². The van der Waals surface area contributed by atoms with Crippen LogP contribution in [-0.4, -0.2) is 16.4 Å². The number of aliphatic imine (C=N–C) groups is 2. The summed E-state index contributed by atoms with van der Waals surface area (Å²) in [6.07, 6.45) is 0. The Balaban J connectivity index is 1.98. The fourth-order valence-corrected chi connectivity index (χ4v) is 3.25. The molecule has 3 aromatic rings. The van der Waals surface area contributed by atoms with Gasteiger partial charge in [-0.1, -0.05) is 42.5 Å². The first-order chi connectivity index (χ1) is 13.4. The second-order valence-electron chi connectivity index (χ2n) is 7.28. The Morgan fingerprint density at radius 2 is 0.893 bits per heavy atom. The van der Waals surface area contributed by atoms with Gasteiger partial charge in [-0.2, -0.15) is 0 Å². The molecular formula is C25H27N3. The summed E-state index contributed by atoms with van der Waals surface area (Å²) in [5.74, 6) is 0. The van der Waals surface area contributed by atoms with Crippen molar-refractivity contribution in [3.63, 3.8) is 0 Å². The molecule has 0 saturated carbocycles. The summed E-state index contributed by atoms with van der Waals surface area (Å²) in [5, 5.41) is 0. The van der Waals surface area contributed by atoms with E-state index in [-0.39, 0.29) is 0 Å². The zero-order valence-electron chi connectivity index (χ0n) is 17.5. The standard InChI is InChI=1S/C25H27N3/c1-16-10-7-11-17(2)24(16)26-20(5)22-14-9-15-23(28-22)21(6)27-25-18(3)12-8-13-19(25)4/h7-15H,1-6H3/b26-20+,27-21+. The number of benzene rings is 2. The normalized spacial score (nSPS) is 12.4. The molecule has 0 amide bonds. The smallest absolute Gasteiger partial charge is 0.0849 e. The molecule has 0 aliphatic carbocycles. The highest BCUT2D eigenvalue weighted by Gasteiger charge is 2.08. The third-order valence-electron chi connectivity index (χ3n) is 4.93. The molecule has 0 saturated heterocycles. The van der Waals surface area contributed by atoms with Gasteiger partial charge in [-0.3, -0.25) is 9.98 Å². The van der Waals surface area contributed by atoms with Gasteiger partial charge in [-0.05, 0) is 75.9 Å². The quantitative estimate of drug-likeness (QED) is 0.478. The Morgan fingerprint density at radius 3 is 1.25 bits per heavy atom. The number of hydrogen-bond donors (Lipinski definition) is 0. The van der Waals surface area contributed by atoms with Gasteiger partial charge >= 0.3 is 0 Å². The molecule has 0 spiro atoms.